The Kier molecular flexibility index (Phi) is 3.91. The van der Waals surface area contributed by atoms with Gasteiger partial charge in [-0.05, 0) is 18.2 Å². The van der Waals surface area contributed by atoms with E-state index in [1.165, 1.54) is 6.40 Å². The molecule has 0 bridgehead atoms. The third-order valence-electron chi connectivity index (χ3n) is 5.33. The molecule has 150 valence electrons. The molecule has 2 aromatic rings. The summed E-state index contributed by atoms with van der Waals surface area (Å²) in [5, 5.41) is 10.1. The molecule has 10 heteroatoms. The molecular weight excluding hydrogens is 376 g/mol. The summed E-state index contributed by atoms with van der Waals surface area (Å²) >= 11 is 0. The van der Waals surface area contributed by atoms with Crippen LogP contribution >= 0.6 is 0 Å². The highest BCUT2D eigenvalue weighted by Gasteiger charge is 2.36. The number of aliphatic imine (C=N–C) groups is 1. The molecular formula is C19H20N6O4. The smallest absolute Gasteiger partial charge is 0.237 e. The Balaban J connectivity index is 1.19. The monoisotopic (exact) mass is 396 g/mol. The van der Waals surface area contributed by atoms with Crippen molar-refractivity contribution < 1.29 is 18.9 Å². The lowest BCUT2D eigenvalue weighted by Crippen LogP contribution is -2.47. The molecule has 29 heavy (non-hydrogen) atoms. The summed E-state index contributed by atoms with van der Waals surface area (Å²) in [5.74, 6) is 1.34. The molecule has 0 aliphatic carbocycles. The van der Waals surface area contributed by atoms with E-state index in [2.05, 4.69) is 30.9 Å². The molecule has 4 aliphatic rings. The fourth-order valence-electron chi connectivity index (χ4n) is 3.83. The lowest BCUT2D eigenvalue weighted by molar-refractivity contribution is -0.154. The van der Waals surface area contributed by atoms with Gasteiger partial charge in [0.05, 0.1) is 29.0 Å². The van der Waals surface area contributed by atoms with E-state index < -0.39 is 6.29 Å². The molecule has 0 aromatic carbocycles. The Labute approximate surface area is 166 Å². The van der Waals surface area contributed by atoms with Crippen molar-refractivity contribution in [1.29, 1.82) is 0 Å². The van der Waals surface area contributed by atoms with Crippen LogP contribution in [0, 0.1) is 0 Å². The fourth-order valence-corrected chi connectivity index (χ4v) is 3.83. The molecule has 4 aliphatic heterocycles. The maximum Gasteiger partial charge on any atom is 0.237 e. The number of morpholine rings is 1. The van der Waals surface area contributed by atoms with Crippen molar-refractivity contribution in [3.8, 4) is 11.6 Å². The molecule has 0 spiro atoms. The number of fused-ring (bicyclic) bond motifs is 3. The van der Waals surface area contributed by atoms with Gasteiger partial charge in [0.25, 0.3) is 0 Å². The zero-order valence-electron chi connectivity index (χ0n) is 15.5. The molecule has 1 fully saturated rings. The highest BCUT2D eigenvalue weighted by Crippen LogP contribution is 2.36. The van der Waals surface area contributed by atoms with Crippen molar-refractivity contribution in [3.05, 3.63) is 35.8 Å². The second-order valence-electron chi connectivity index (χ2n) is 7.21. The van der Waals surface area contributed by atoms with Crippen LogP contribution in [0.4, 0.5) is 11.4 Å². The Bertz CT molecular complexity index is 970. The fraction of sp³-hybridized carbons (Fsp3) is 0.421. The van der Waals surface area contributed by atoms with E-state index in [1.807, 2.05) is 18.2 Å². The molecule has 4 atom stereocenters. The molecule has 6 rings (SSSR count). The van der Waals surface area contributed by atoms with E-state index in [0.29, 0.717) is 25.6 Å². The first-order valence-electron chi connectivity index (χ1n) is 9.66. The number of nitrogens with one attached hydrogen (secondary N) is 3. The molecule has 0 radical (unpaired) electrons. The van der Waals surface area contributed by atoms with Crippen LogP contribution in [-0.2, 0) is 9.47 Å². The highest BCUT2D eigenvalue weighted by molar-refractivity contribution is 5.60. The minimum absolute atomic E-state index is 0.0680. The summed E-state index contributed by atoms with van der Waals surface area (Å²) in [7, 11) is 0. The number of ether oxygens (including phenoxy) is 4. The zero-order valence-corrected chi connectivity index (χ0v) is 15.5. The normalized spacial score (nSPS) is 29.1. The molecule has 4 unspecified atom stereocenters. The minimum Gasteiger partial charge on any atom is -0.488 e. The average molecular weight is 396 g/mol. The maximum atomic E-state index is 5.96. The number of hydrogen-bond acceptors (Lipinski definition) is 10. The minimum atomic E-state index is -0.414. The van der Waals surface area contributed by atoms with Crippen molar-refractivity contribution in [2.45, 2.75) is 24.6 Å². The van der Waals surface area contributed by atoms with Crippen LogP contribution in [0.1, 0.15) is 23.5 Å². The lowest BCUT2D eigenvalue weighted by Gasteiger charge is -2.32. The third kappa shape index (κ3) is 3.00. The van der Waals surface area contributed by atoms with Crippen LogP contribution < -0.4 is 25.4 Å². The van der Waals surface area contributed by atoms with Gasteiger partial charge < -0.3 is 29.6 Å². The summed E-state index contributed by atoms with van der Waals surface area (Å²) in [5.41, 5.74) is 3.47. The summed E-state index contributed by atoms with van der Waals surface area (Å²) in [4.78, 5) is 13.3. The first-order chi connectivity index (χ1) is 14.3. The van der Waals surface area contributed by atoms with Gasteiger partial charge >= 0.3 is 0 Å². The van der Waals surface area contributed by atoms with Gasteiger partial charge in [-0.2, -0.15) is 0 Å². The van der Waals surface area contributed by atoms with Gasteiger partial charge in [0.1, 0.15) is 25.4 Å². The van der Waals surface area contributed by atoms with Crippen LogP contribution in [0.3, 0.4) is 0 Å². The Hall–Kier alpha value is -3.11. The topological polar surface area (TPSA) is 111 Å². The van der Waals surface area contributed by atoms with Gasteiger partial charge in [0.15, 0.2) is 18.3 Å². The van der Waals surface area contributed by atoms with Crippen LogP contribution in [0.2, 0.25) is 0 Å². The third-order valence-corrected chi connectivity index (χ3v) is 5.33. The average Bonchev–Trinajstić information content (AvgIpc) is 3.26. The van der Waals surface area contributed by atoms with Crippen molar-refractivity contribution in [2.75, 3.05) is 36.9 Å². The first kappa shape index (κ1) is 16.8. The van der Waals surface area contributed by atoms with Gasteiger partial charge in [-0.25, -0.2) is 9.98 Å². The van der Waals surface area contributed by atoms with Crippen LogP contribution in [-0.4, -0.2) is 55.1 Å². The molecule has 0 amide bonds. The van der Waals surface area contributed by atoms with Crippen molar-refractivity contribution >= 4 is 17.8 Å². The molecule has 10 nitrogen and oxygen atoms in total. The number of anilines is 2. The number of nitrogens with zero attached hydrogens (tertiary/aromatic N) is 3. The molecule has 3 N–H and O–H groups in total. The number of pyridine rings is 2. The van der Waals surface area contributed by atoms with E-state index in [9.17, 15) is 0 Å². The van der Waals surface area contributed by atoms with Gasteiger partial charge in [0.2, 0.25) is 12.2 Å². The van der Waals surface area contributed by atoms with Gasteiger partial charge in [0, 0.05) is 13.1 Å². The van der Waals surface area contributed by atoms with Crippen molar-refractivity contribution in [1.82, 2.24) is 15.3 Å². The zero-order chi connectivity index (χ0) is 19.2. The predicted molar refractivity (Wildman–Crippen MR) is 103 cm³/mol. The van der Waals surface area contributed by atoms with Crippen LogP contribution in [0.5, 0.6) is 11.6 Å². The number of aromatic nitrogens is 2. The SMILES string of the molecule is C1=NC2NCC(c3ccc4c(n3)OCC(c3cc5c(cn3)OCCN5)N4)OC2O1. The second kappa shape index (κ2) is 6.75. The first-order valence-corrected chi connectivity index (χ1v) is 9.66. The quantitative estimate of drug-likeness (QED) is 0.689. The van der Waals surface area contributed by atoms with Crippen molar-refractivity contribution in [2.24, 2.45) is 4.99 Å². The van der Waals surface area contributed by atoms with E-state index in [0.717, 1.165) is 35.1 Å². The second-order valence-corrected chi connectivity index (χ2v) is 7.21. The molecule has 2 aromatic heterocycles. The number of rotatable bonds is 2. The molecule has 1 saturated heterocycles. The molecule has 0 saturated carbocycles. The summed E-state index contributed by atoms with van der Waals surface area (Å²) < 4.78 is 22.9. The van der Waals surface area contributed by atoms with Crippen LogP contribution in [0.15, 0.2) is 29.4 Å². The summed E-state index contributed by atoms with van der Waals surface area (Å²) in [6.45, 7) is 2.48. The van der Waals surface area contributed by atoms with E-state index in [-0.39, 0.29) is 18.3 Å². The van der Waals surface area contributed by atoms with Crippen molar-refractivity contribution in [3.63, 3.8) is 0 Å². The largest absolute Gasteiger partial charge is 0.488 e. The van der Waals surface area contributed by atoms with Gasteiger partial charge in [-0.3, -0.25) is 10.3 Å². The van der Waals surface area contributed by atoms with Gasteiger partial charge in [-0.1, -0.05) is 0 Å². The van der Waals surface area contributed by atoms with E-state index in [1.54, 1.807) is 6.20 Å². The van der Waals surface area contributed by atoms with E-state index >= 15 is 0 Å². The Morgan fingerprint density at radius 2 is 2.10 bits per heavy atom. The number of hydrogen-bond donors (Lipinski definition) is 3. The van der Waals surface area contributed by atoms with Crippen LogP contribution in [0.25, 0.3) is 0 Å². The molecule has 6 heterocycles. The highest BCUT2D eigenvalue weighted by atomic mass is 16.7. The summed E-state index contributed by atoms with van der Waals surface area (Å²) in [6.07, 6.45) is 2.39. The van der Waals surface area contributed by atoms with E-state index in [4.69, 9.17) is 18.9 Å². The van der Waals surface area contributed by atoms with Gasteiger partial charge in [-0.15, -0.1) is 0 Å². The maximum absolute atomic E-state index is 5.96. The lowest BCUT2D eigenvalue weighted by atomic mass is 10.1. The Morgan fingerprint density at radius 3 is 3.10 bits per heavy atom. The standard InChI is InChI=1S/C19H20N6O4/c1-2-11-18(25-10(1)16-7-22-17-19(29-16)28-9-23-17)27-8-14(24-11)12-5-13-15(6-21-12)26-4-3-20-13/h1-2,5-6,9,14,16-17,19-20,22,24H,3-4,7-8H2. The summed E-state index contributed by atoms with van der Waals surface area (Å²) in [6, 6.07) is 5.84. The predicted octanol–water partition coefficient (Wildman–Crippen LogP) is 1.20. The Morgan fingerprint density at radius 1 is 1.10 bits per heavy atom.